The van der Waals surface area contributed by atoms with E-state index in [0.717, 1.165) is 32.8 Å². The molecule has 1 aliphatic rings. The highest BCUT2D eigenvalue weighted by atomic mass is 79.9. The van der Waals surface area contributed by atoms with Gasteiger partial charge in [0.1, 0.15) is 4.70 Å². The molecule has 1 aliphatic heterocycles. The number of nitrogens with zero attached hydrogens (tertiary/aromatic N) is 2. The van der Waals surface area contributed by atoms with E-state index in [2.05, 4.69) is 76.7 Å². The zero-order valence-electron chi connectivity index (χ0n) is 15.2. The van der Waals surface area contributed by atoms with Crippen LogP contribution in [0, 0.1) is 0 Å². The van der Waals surface area contributed by atoms with Crippen molar-refractivity contribution in [3.05, 3.63) is 71.8 Å². The van der Waals surface area contributed by atoms with Crippen LogP contribution < -0.4 is 26.4 Å². The normalized spacial score (nSPS) is 14.4. The molecule has 0 unspecified atom stereocenters. The largest absolute Gasteiger partial charge is 1.00 e. The van der Waals surface area contributed by atoms with Crippen molar-refractivity contribution in [2.75, 3.05) is 31.2 Å². The number of thiazole rings is 1. The number of benzene rings is 2. The predicted molar refractivity (Wildman–Crippen MR) is 111 cm³/mol. The van der Waals surface area contributed by atoms with Crippen LogP contribution in [0.2, 0.25) is 0 Å². The van der Waals surface area contributed by atoms with Crippen LogP contribution in [-0.2, 0) is 11.3 Å². The number of rotatable bonds is 5. The summed E-state index contributed by atoms with van der Waals surface area (Å²) in [6.07, 6.45) is 6.35. The number of aromatic nitrogens is 1. The number of fused-ring (bicyclic) bond motifs is 1. The Morgan fingerprint density at radius 2 is 1.78 bits per heavy atom. The highest BCUT2D eigenvalue weighted by Crippen LogP contribution is 2.23. The molecule has 1 fully saturated rings. The van der Waals surface area contributed by atoms with E-state index in [1.165, 1.54) is 26.5 Å². The topological polar surface area (TPSA) is 16.4 Å². The maximum atomic E-state index is 5.43. The highest BCUT2D eigenvalue weighted by molar-refractivity contribution is 7.18. The third-order valence-electron chi connectivity index (χ3n) is 4.64. The van der Waals surface area contributed by atoms with Gasteiger partial charge >= 0.3 is 0 Å². The fraction of sp³-hybridized carbons (Fsp3) is 0.227. The van der Waals surface area contributed by atoms with Gasteiger partial charge in [-0.3, -0.25) is 0 Å². The quantitative estimate of drug-likeness (QED) is 0.438. The predicted octanol–water partition coefficient (Wildman–Crippen LogP) is 1.39. The van der Waals surface area contributed by atoms with Crippen LogP contribution in [0.25, 0.3) is 22.4 Å². The first-order valence-electron chi connectivity index (χ1n) is 8.98. The second kappa shape index (κ2) is 9.31. The third-order valence-corrected chi connectivity index (χ3v) is 5.77. The Bertz CT molecular complexity index is 927. The van der Waals surface area contributed by atoms with Gasteiger partial charge in [-0.1, -0.05) is 42.2 Å². The molecule has 3 nitrogen and oxygen atoms in total. The Balaban J connectivity index is 0.00000210. The molecule has 0 bridgehead atoms. The number of hydrogen-bond acceptors (Lipinski definition) is 3. The van der Waals surface area contributed by atoms with Crippen LogP contribution in [-0.4, -0.2) is 26.3 Å². The summed E-state index contributed by atoms with van der Waals surface area (Å²) < 4.78 is 9.04. The van der Waals surface area contributed by atoms with E-state index in [1.807, 2.05) is 17.4 Å². The van der Waals surface area contributed by atoms with Gasteiger partial charge in [0.05, 0.1) is 13.2 Å². The molecule has 0 N–H and O–H groups in total. The molecule has 3 aromatic rings. The van der Waals surface area contributed by atoms with Crippen LogP contribution in [0.4, 0.5) is 5.69 Å². The van der Waals surface area contributed by atoms with Gasteiger partial charge in [0, 0.05) is 30.9 Å². The zero-order valence-corrected chi connectivity index (χ0v) is 17.6. The maximum Gasteiger partial charge on any atom is 0.263 e. The first-order chi connectivity index (χ1) is 12.8. The fourth-order valence-corrected chi connectivity index (χ4v) is 4.35. The summed E-state index contributed by atoms with van der Waals surface area (Å²) >= 11 is 1.82. The maximum absolute atomic E-state index is 5.43. The Morgan fingerprint density at radius 1 is 1.04 bits per heavy atom. The lowest BCUT2D eigenvalue weighted by Crippen LogP contribution is -3.00. The number of allylic oxidation sites excluding steroid dienone is 1. The number of anilines is 1. The summed E-state index contributed by atoms with van der Waals surface area (Å²) in [6, 6.07) is 17.3. The summed E-state index contributed by atoms with van der Waals surface area (Å²) in [5.41, 5.74) is 3.75. The van der Waals surface area contributed by atoms with Crippen molar-refractivity contribution < 1.29 is 26.3 Å². The molecule has 0 amide bonds. The lowest BCUT2D eigenvalue weighted by atomic mass is 10.1. The molecule has 2 aromatic carbocycles. The number of morpholine rings is 1. The van der Waals surface area contributed by atoms with Crippen LogP contribution in [0.1, 0.15) is 10.6 Å². The van der Waals surface area contributed by atoms with Gasteiger partial charge in [0.2, 0.25) is 5.52 Å². The van der Waals surface area contributed by atoms with E-state index >= 15 is 0 Å². The minimum Gasteiger partial charge on any atom is -1.00 e. The zero-order chi connectivity index (χ0) is 17.8. The molecule has 27 heavy (non-hydrogen) atoms. The van der Waals surface area contributed by atoms with Gasteiger partial charge in [-0.25, -0.2) is 0 Å². The minimum atomic E-state index is 0. The molecule has 0 radical (unpaired) electrons. The lowest BCUT2D eigenvalue weighted by Gasteiger charge is -2.28. The van der Waals surface area contributed by atoms with Gasteiger partial charge in [-0.15, -0.1) is 0 Å². The van der Waals surface area contributed by atoms with Crippen molar-refractivity contribution in [2.24, 2.45) is 0 Å². The highest BCUT2D eigenvalue weighted by Gasteiger charge is 2.16. The fourth-order valence-electron chi connectivity index (χ4n) is 3.28. The van der Waals surface area contributed by atoms with Gasteiger partial charge in [0.25, 0.3) is 5.01 Å². The van der Waals surface area contributed by atoms with Crippen LogP contribution in [0.15, 0.2) is 61.2 Å². The lowest BCUT2D eigenvalue weighted by molar-refractivity contribution is -0.658. The second-order valence-electron chi connectivity index (χ2n) is 6.33. The van der Waals surface area contributed by atoms with E-state index < -0.39 is 0 Å². The van der Waals surface area contributed by atoms with Crippen molar-refractivity contribution in [1.82, 2.24) is 0 Å². The Labute approximate surface area is 175 Å². The smallest absolute Gasteiger partial charge is 0.263 e. The monoisotopic (exact) mass is 442 g/mol. The molecule has 2 heterocycles. The van der Waals surface area contributed by atoms with E-state index in [-0.39, 0.29) is 17.0 Å². The van der Waals surface area contributed by atoms with Crippen molar-refractivity contribution in [3.63, 3.8) is 0 Å². The van der Waals surface area contributed by atoms with E-state index in [4.69, 9.17) is 4.74 Å². The molecule has 0 saturated carbocycles. The standard InChI is InChI=1S/C22H23N2OS.BrH/c1-2-13-24-20-5-3-4-6-21(20)26-22(24)12-9-18-7-10-19(11-8-18)23-14-16-25-17-15-23;/h2-12H,1,13-17H2;1H/q+1;/p-1. The molecule has 140 valence electrons. The van der Waals surface area contributed by atoms with Crippen LogP contribution in [0.5, 0.6) is 0 Å². The molecular formula is C22H23BrN2OS. The number of hydrogen-bond donors (Lipinski definition) is 0. The molecule has 5 heteroatoms. The summed E-state index contributed by atoms with van der Waals surface area (Å²) in [4.78, 5) is 2.38. The molecule has 0 spiro atoms. The van der Waals surface area contributed by atoms with E-state index in [9.17, 15) is 0 Å². The van der Waals surface area contributed by atoms with E-state index in [1.54, 1.807) is 0 Å². The van der Waals surface area contributed by atoms with E-state index in [0.29, 0.717) is 0 Å². The van der Waals surface area contributed by atoms with Crippen molar-refractivity contribution in [2.45, 2.75) is 6.54 Å². The molecular weight excluding hydrogens is 420 g/mol. The number of halogens is 1. The summed E-state index contributed by atoms with van der Waals surface area (Å²) in [7, 11) is 0. The summed E-state index contributed by atoms with van der Waals surface area (Å²) in [5, 5.41) is 1.24. The average molecular weight is 443 g/mol. The average Bonchev–Trinajstić information content (AvgIpc) is 3.05. The number of para-hydroxylation sites is 1. The van der Waals surface area contributed by atoms with Gasteiger partial charge < -0.3 is 26.6 Å². The summed E-state index contributed by atoms with van der Waals surface area (Å²) in [6.45, 7) is 8.30. The first-order valence-corrected chi connectivity index (χ1v) is 9.80. The molecule has 0 aliphatic carbocycles. The third kappa shape index (κ3) is 4.49. The molecule has 1 aromatic heterocycles. The van der Waals surface area contributed by atoms with Crippen molar-refractivity contribution >= 4 is 39.4 Å². The molecule has 1 saturated heterocycles. The SMILES string of the molecule is C=CC[n+]1c(/C=C/c2ccc(N3CCOCC3)cc2)sc2ccccc21.[Br-]. The van der Waals surface area contributed by atoms with Crippen LogP contribution in [0.3, 0.4) is 0 Å². The second-order valence-corrected chi connectivity index (χ2v) is 7.39. The van der Waals surface area contributed by atoms with Gasteiger partial charge in [0.15, 0.2) is 6.54 Å². The molecule has 4 rings (SSSR count). The van der Waals surface area contributed by atoms with Crippen molar-refractivity contribution in [1.29, 1.82) is 0 Å². The first kappa shape index (κ1) is 19.8. The summed E-state index contributed by atoms with van der Waals surface area (Å²) in [5.74, 6) is 0. The Hall–Kier alpha value is -1.95. The molecule has 0 atom stereocenters. The van der Waals surface area contributed by atoms with Gasteiger partial charge in [-0.05, 0) is 35.9 Å². The Kier molecular flexibility index (Phi) is 6.83. The van der Waals surface area contributed by atoms with Crippen molar-refractivity contribution in [3.8, 4) is 0 Å². The van der Waals surface area contributed by atoms with Gasteiger partial charge in [-0.2, -0.15) is 4.57 Å². The van der Waals surface area contributed by atoms with Crippen LogP contribution >= 0.6 is 11.3 Å². The Morgan fingerprint density at radius 3 is 2.52 bits per heavy atom. The minimum absolute atomic E-state index is 0. The number of ether oxygens (including phenoxy) is 1.